The summed E-state index contributed by atoms with van der Waals surface area (Å²) in [7, 11) is 0. The van der Waals surface area contributed by atoms with Crippen LogP contribution >= 0.6 is 0 Å². The number of rotatable bonds is 7. The minimum absolute atomic E-state index is 0.219. The van der Waals surface area contributed by atoms with Gasteiger partial charge in [0.25, 0.3) is 5.56 Å². The van der Waals surface area contributed by atoms with Gasteiger partial charge in [-0.3, -0.25) is 14.3 Å². The van der Waals surface area contributed by atoms with E-state index < -0.39 is 11.2 Å². The number of anilines is 2. The van der Waals surface area contributed by atoms with Crippen LogP contribution in [0.1, 0.15) is 53.4 Å². The van der Waals surface area contributed by atoms with E-state index >= 15 is 0 Å². The highest BCUT2D eigenvalue weighted by atomic mass is 16.2. The number of H-pyrrole nitrogens is 1. The molecule has 0 radical (unpaired) electrons. The van der Waals surface area contributed by atoms with E-state index in [0.717, 1.165) is 25.7 Å². The summed E-state index contributed by atoms with van der Waals surface area (Å²) in [6.07, 6.45) is 3.69. The molecule has 1 aromatic rings. The molecule has 0 saturated carbocycles. The highest BCUT2D eigenvalue weighted by molar-refractivity contribution is 5.61. The standard InChI is InChI=1S/C14H26N4O2/c1-5-7-9-18-11(15)10(12(19)16-13(18)20)17-14(3,4)8-6-2/h17H,5-9,15H2,1-4H3,(H,16,19,20). The van der Waals surface area contributed by atoms with Crippen molar-refractivity contribution in [3.8, 4) is 0 Å². The third-order valence-electron chi connectivity index (χ3n) is 3.31. The molecule has 1 aromatic heterocycles. The van der Waals surface area contributed by atoms with Crippen molar-refractivity contribution in [1.82, 2.24) is 9.55 Å². The molecule has 1 heterocycles. The second-order valence-electron chi connectivity index (χ2n) is 5.78. The molecule has 0 bridgehead atoms. The van der Waals surface area contributed by atoms with E-state index in [1.54, 1.807) is 0 Å². The normalized spacial score (nSPS) is 11.6. The van der Waals surface area contributed by atoms with Gasteiger partial charge in [-0.1, -0.05) is 26.7 Å². The molecule has 0 aromatic carbocycles. The van der Waals surface area contributed by atoms with Crippen LogP contribution in [0, 0.1) is 0 Å². The predicted octanol–water partition coefficient (Wildman–Crippen LogP) is 1.91. The van der Waals surface area contributed by atoms with Crippen molar-refractivity contribution < 1.29 is 0 Å². The van der Waals surface area contributed by atoms with E-state index in [0.29, 0.717) is 12.2 Å². The maximum absolute atomic E-state index is 12.0. The van der Waals surface area contributed by atoms with Gasteiger partial charge in [-0.05, 0) is 26.7 Å². The molecule has 0 aliphatic heterocycles. The first kappa shape index (κ1) is 16.3. The average molecular weight is 282 g/mol. The largest absolute Gasteiger partial charge is 0.383 e. The van der Waals surface area contributed by atoms with Gasteiger partial charge in [0.2, 0.25) is 0 Å². The fraction of sp³-hybridized carbons (Fsp3) is 0.714. The quantitative estimate of drug-likeness (QED) is 0.712. The molecule has 20 heavy (non-hydrogen) atoms. The highest BCUT2D eigenvalue weighted by Gasteiger charge is 2.21. The topological polar surface area (TPSA) is 92.9 Å². The van der Waals surface area contributed by atoms with Gasteiger partial charge in [0.15, 0.2) is 0 Å². The number of hydrogen-bond acceptors (Lipinski definition) is 4. The zero-order valence-corrected chi connectivity index (χ0v) is 12.9. The Morgan fingerprint density at radius 1 is 1.25 bits per heavy atom. The zero-order chi connectivity index (χ0) is 15.3. The van der Waals surface area contributed by atoms with E-state index in [2.05, 4.69) is 17.2 Å². The molecule has 0 spiro atoms. The summed E-state index contributed by atoms with van der Waals surface area (Å²) in [5, 5.41) is 3.17. The van der Waals surface area contributed by atoms with Crippen molar-refractivity contribution >= 4 is 11.5 Å². The minimum atomic E-state index is -0.454. The fourth-order valence-corrected chi connectivity index (χ4v) is 2.27. The van der Waals surface area contributed by atoms with Gasteiger partial charge in [-0.25, -0.2) is 4.79 Å². The Morgan fingerprint density at radius 2 is 1.90 bits per heavy atom. The molecule has 0 fully saturated rings. The molecule has 0 aliphatic rings. The second-order valence-corrected chi connectivity index (χ2v) is 5.78. The Balaban J connectivity index is 3.20. The Hall–Kier alpha value is -1.72. The van der Waals surface area contributed by atoms with Crippen LogP contribution in [-0.2, 0) is 6.54 Å². The first-order valence-corrected chi connectivity index (χ1v) is 7.23. The third kappa shape index (κ3) is 3.88. The lowest BCUT2D eigenvalue weighted by Crippen LogP contribution is -2.39. The maximum atomic E-state index is 12.0. The first-order valence-electron chi connectivity index (χ1n) is 7.23. The molecule has 0 amide bonds. The van der Waals surface area contributed by atoms with Gasteiger partial charge in [-0.2, -0.15) is 0 Å². The van der Waals surface area contributed by atoms with Crippen LogP contribution in [0.4, 0.5) is 11.5 Å². The molecular weight excluding hydrogens is 256 g/mol. The number of aromatic amines is 1. The van der Waals surface area contributed by atoms with Gasteiger partial charge in [0.05, 0.1) is 0 Å². The smallest absolute Gasteiger partial charge is 0.330 e. The molecular formula is C14H26N4O2. The average Bonchev–Trinajstić information content (AvgIpc) is 2.34. The number of nitrogens with one attached hydrogen (secondary N) is 2. The summed E-state index contributed by atoms with van der Waals surface area (Å²) in [4.78, 5) is 26.1. The molecule has 0 saturated heterocycles. The second kappa shape index (κ2) is 6.63. The van der Waals surface area contributed by atoms with Gasteiger partial charge in [-0.15, -0.1) is 0 Å². The highest BCUT2D eigenvalue weighted by Crippen LogP contribution is 2.20. The monoisotopic (exact) mass is 282 g/mol. The van der Waals surface area contributed by atoms with E-state index in [4.69, 9.17) is 5.73 Å². The lowest BCUT2D eigenvalue weighted by molar-refractivity contribution is 0.508. The number of unbranched alkanes of at least 4 members (excludes halogenated alkanes) is 1. The molecule has 0 atom stereocenters. The van der Waals surface area contributed by atoms with Crippen LogP contribution in [0.25, 0.3) is 0 Å². The summed E-state index contributed by atoms with van der Waals surface area (Å²) >= 11 is 0. The Morgan fingerprint density at radius 3 is 2.45 bits per heavy atom. The van der Waals surface area contributed by atoms with Crippen LogP contribution in [0.15, 0.2) is 9.59 Å². The van der Waals surface area contributed by atoms with Crippen molar-refractivity contribution in [1.29, 1.82) is 0 Å². The van der Waals surface area contributed by atoms with E-state index in [1.807, 2.05) is 20.8 Å². The van der Waals surface area contributed by atoms with Gasteiger partial charge in [0.1, 0.15) is 11.5 Å². The van der Waals surface area contributed by atoms with Crippen LogP contribution in [0.5, 0.6) is 0 Å². The molecule has 6 nitrogen and oxygen atoms in total. The minimum Gasteiger partial charge on any atom is -0.383 e. The number of nitrogen functional groups attached to an aromatic ring is 1. The predicted molar refractivity (Wildman–Crippen MR) is 83.3 cm³/mol. The van der Waals surface area contributed by atoms with Gasteiger partial charge < -0.3 is 11.1 Å². The van der Waals surface area contributed by atoms with Crippen molar-refractivity contribution in [2.75, 3.05) is 11.1 Å². The molecule has 4 N–H and O–H groups in total. The molecule has 6 heteroatoms. The zero-order valence-electron chi connectivity index (χ0n) is 12.9. The van der Waals surface area contributed by atoms with Gasteiger partial charge >= 0.3 is 5.69 Å². The van der Waals surface area contributed by atoms with Crippen LogP contribution in [0.2, 0.25) is 0 Å². The lowest BCUT2D eigenvalue weighted by Gasteiger charge is -2.27. The summed E-state index contributed by atoms with van der Waals surface area (Å²) < 4.78 is 1.43. The number of hydrogen-bond donors (Lipinski definition) is 3. The molecule has 114 valence electrons. The van der Waals surface area contributed by atoms with E-state index in [9.17, 15) is 9.59 Å². The van der Waals surface area contributed by atoms with Crippen molar-refractivity contribution in [3.63, 3.8) is 0 Å². The molecule has 0 aliphatic carbocycles. The number of aromatic nitrogens is 2. The van der Waals surface area contributed by atoms with Crippen LogP contribution in [-0.4, -0.2) is 15.1 Å². The third-order valence-corrected chi connectivity index (χ3v) is 3.31. The summed E-state index contributed by atoms with van der Waals surface area (Å²) in [6, 6.07) is 0. The van der Waals surface area contributed by atoms with Gasteiger partial charge in [0, 0.05) is 12.1 Å². The number of nitrogens with zero attached hydrogens (tertiary/aromatic N) is 1. The molecule has 0 unspecified atom stereocenters. The van der Waals surface area contributed by atoms with E-state index in [-0.39, 0.29) is 11.4 Å². The van der Waals surface area contributed by atoms with Crippen molar-refractivity contribution in [3.05, 3.63) is 20.8 Å². The van der Waals surface area contributed by atoms with Crippen molar-refractivity contribution in [2.24, 2.45) is 0 Å². The Bertz CT molecular complexity index is 557. The Kier molecular flexibility index (Phi) is 5.42. The van der Waals surface area contributed by atoms with Crippen LogP contribution < -0.4 is 22.3 Å². The van der Waals surface area contributed by atoms with Crippen LogP contribution in [0.3, 0.4) is 0 Å². The summed E-state index contributed by atoms with van der Waals surface area (Å²) in [5.41, 5.74) is 5.15. The molecule has 1 rings (SSSR count). The maximum Gasteiger partial charge on any atom is 0.330 e. The number of nitrogens with two attached hydrogens (primary N) is 1. The lowest BCUT2D eigenvalue weighted by atomic mass is 9.99. The Labute approximate surface area is 119 Å². The SMILES string of the molecule is CCCCn1c(N)c(NC(C)(C)CCC)c(=O)[nH]c1=O. The first-order chi connectivity index (χ1) is 9.32. The fourth-order valence-electron chi connectivity index (χ4n) is 2.27. The van der Waals surface area contributed by atoms with E-state index in [1.165, 1.54) is 4.57 Å². The summed E-state index contributed by atoms with van der Waals surface area (Å²) in [6.45, 7) is 8.66. The van der Waals surface area contributed by atoms with Crippen molar-refractivity contribution in [2.45, 2.75) is 65.5 Å². The summed E-state index contributed by atoms with van der Waals surface area (Å²) in [5.74, 6) is 0.219.